The molecule has 94 valence electrons. The number of nitrogens with one attached hydrogen (secondary N) is 1. The van der Waals surface area contributed by atoms with Crippen LogP contribution in [0.25, 0.3) is 0 Å². The number of amides is 1. The Kier molecular flexibility index (Phi) is 4.33. The van der Waals surface area contributed by atoms with Crippen molar-refractivity contribution < 1.29 is 9.90 Å². The van der Waals surface area contributed by atoms with Crippen molar-refractivity contribution >= 4 is 5.91 Å². The third kappa shape index (κ3) is 3.46. The largest absolute Gasteiger partial charge is 0.396 e. The molecule has 0 saturated heterocycles. The van der Waals surface area contributed by atoms with Gasteiger partial charge in [-0.05, 0) is 33.1 Å². The Hall–Kier alpha value is -0.610. The summed E-state index contributed by atoms with van der Waals surface area (Å²) in [4.78, 5) is 12.1. The Morgan fingerprint density at radius 2 is 1.94 bits per heavy atom. The van der Waals surface area contributed by atoms with Crippen molar-refractivity contribution in [1.29, 1.82) is 0 Å². The maximum absolute atomic E-state index is 12.1. The highest BCUT2D eigenvalue weighted by molar-refractivity contribution is 5.86. The van der Waals surface area contributed by atoms with Crippen LogP contribution in [0.15, 0.2) is 0 Å². The van der Waals surface area contributed by atoms with Crippen molar-refractivity contribution in [2.75, 3.05) is 6.61 Å². The molecule has 0 aliphatic heterocycles. The first-order valence-electron chi connectivity index (χ1n) is 6.12. The number of carbonyl (C=O) groups is 1. The van der Waals surface area contributed by atoms with Crippen LogP contribution in [-0.4, -0.2) is 28.7 Å². The number of rotatable bonds is 4. The number of hydrogen-bond acceptors (Lipinski definition) is 3. The molecule has 1 amide bonds. The minimum absolute atomic E-state index is 0.0642. The Balaban J connectivity index is 2.56. The van der Waals surface area contributed by atoms with Gasteiger partial charge in [0, 0.05) is 12.1 Å². The van der Waals surface area contributed by atoms with Gasteiger partial charge in [0.05, 0.1) is 5.54 Å². The summed E-state index contributed by atoms with van der Waals surface area (Å²) in [7, 11) is 0. The van der Waals surface area contributed by atoms with E-state index in [2.05, 4.69) is 5.32 Å². The van der Waals surface area contributed by atoms with E-state index < -0.39 is 5.54 Å². The zero-order valence-electron chi connectivity index (χ0n) is 10.4. The van der Waals surface area contributed by atoms with Gasteiger partial charge in [-0.15, -0.1) is 0 Å². The lowest BCUT2D eigenvalue weighted by molar-refractivity contribution is -0.129. The molecule has 0 aromatic rings. The standard InChI is InChI=1S/C12H24N2O2/c1-11(2,8-9-15)14-10(16)12(13)6-4-3-5-7-12/h15H,3-9,13H2,1-2H3,(H,14,16). The summed E-state index contributed by atoms with van der Waals surface area (Å²) < 4.78 is 0. The molecule has 4 heteroatoms. The molecular formula is C12H24N2O2. The second-order valence-electron chi connectivity index (χ2n) is 5.53. The van der Waals surface area contributed by atoms with Crippen LogP contribution < -0.4 is 11.1 Å². The first-order chi connectivity index (χ1) is 7.40. The molecule has 0 aromatic carbocycles. The lowest BCUT2D eigenvalue weighted by Crippen LogP contribution is -2.59. The lowest BCUT2D eigenvalue weighted by atomic mass is 9.81. The van der Waals surface area contributed by atoms with E-state index in [1.54, 1.807) is 0 Å². The first-order valence-corrected chi connectivity index (χ1v) is 6.12. The summed E-state index contributed by atoms with van der Waals surface area (Å²) in [6.45, 7) is 3.89. The Morgan fingerprint density at radius 3 is 2.44 bits per heavy atom. The number of nitrogens with two attached hydrogens (primary N) is 1. The van der Waals surface area contributed by atoms with Gasteiger partial charge < -0.3 is 16.2 Å². The highest BCUT2D eigenvalue weighted by Gasteiger charge is 2.37. The molecule has 16 heavy (non-hydrogen) atoms. The molecule has 0 heterocycles. The molecule has 1 saturated carbocycles. The zero-order chi connectivity index (χ0) is 12.2. The van der Waals surface area contributed by atoms with Gasteiger partial charge in [0.2, 0.25) is 5.91 Å². The highest BCUT2D eigenvalue weighted by atomic mass is 16.3. The molecule has 4 nitrogen and oxygen atoms in total. The maximum Gasteiger partial charge on any atom is 0.240 e. The van der Waals surface area contributed by atoms with Crippen LogP contribution in [-0.2, 0) is 4.79 Å². The van der Waals surface area contributed by atoms with Gasteiger partial charge >= 0.3 is 0 Å². The SMILES string of the molecule is CC(C)(CCO)NC(=O)C1(N)CCCCC1. The number of aliphatic hydroxyl groups is 1. The fourth-order valence-corrected chi connectivity index (χ4v) is 2.18. The van der Waals surface area contributed by atoms with E-state index >= 15 is 0 Å². The molecule has 0 atom stereocenters. The quantitative estimate of drug-likeness (QED) is 0.670. The van der Waals surface area contributed by atoms with E-state index in [0.717, 1.165) is 25.7 Å². The molecule has 1 aliphatic carbocycles. The molecule has 1 rings (SSSR count). The molecule has 4 N–H and O–H groups in total. The normalized spacial score (nSPS) is 20.5. The number of carbonyl (C=O) groups excluding carboxylic acids is 1. The van der Waals surface area contributed by atoms with Crippen LogP contribution in [0.1, 0.15) is 52.4 Å². The summed E-state index contributed by atoms with van der Waals surface area (Å²) >= 11 is 0. The van der Waals surface area contributed by atoms with E-state index in [4.69, 9.17) is 10.8 Å². The fraction of sp³-hybridized carbons (Fsp3) is 0.917. The molecule has 0 radical (unpaired) electrons. The van der Waals surface area contributed by atoms with Crippen LogP contribution in [0.5, 0.6) is 0 Å². The summed E-state index contributed by atoms with van der Waals surface area (Å²) in [5.74, 6) is -0.0642. The number of aliphatic hydroxyl groups excluding tert-OH is 1. The van der Waals surface area contributed by atoms with Gasteiger partial charge in [-0.3, -0.25) is 4.79 Å². The summed E-state index contributed by atoms with van der Waals surface area (Å²) in [5.41, 5.74) is 5.06. The third-order valence-electron chi connectivity index (χ3n) is 3.39. The van der Waals surface area contributed by atoms with Crippen LogP contribution in [0.4, 0.5) is 0 Å². The second kappa shape index (κ2) is 5.15. The van der Waals surface area contributed by atoms with Crippen LogP contribution in [0.3, 0.4) is 0 Å². The predicted molar refractivity (Wildman–Crippen MR) is 63.9 cm³/mol. The maximum atomic E-state index is 12.1. The summed E-state index contributed by atoms with van der Waals surface area (Å²) in [5, 5.41) is 11.9. The Bertz CT molecular complexity index is 245. The summed E-state index contributed by atoms with van der Waals surface area (Å²) in [6, 6.07) is 0. The van der Waals surface area contributed by atoms with E-state index in [1.165, 1.54) is 6.42 Å². The van der Waals surface area contributed by atoms with E-state index in [-0.39, 0.29) is 18.1 Å². The molecule has 0 unspecified atom stereocenters. The molecule has 0 aromatic heterocycles. The average molecular weight is 228 g/mol. The minimum Gasteiger partial charge on any atom is -0.396 e. The van der Waals surface area contributed by atoms with Gasteiger partial charge in [0.15, 0.2) is 0 Å². The number of hydrogen-bond donors (Lipinski definition) is 3. The molecule has 0 bridgehead atoms. The van der Waals surface area contributed by atoms with Crippen molar-refractivity contribution in [2.45, 2.75) is 63.5 Å². The van der Waals surface area contributed by atoms with Gasteiger partial charge in [0.25, 0.3) is 0 Å². The Labute approximate surface area is 97.6 Å². The van der Waals surface area contributed by atoms with Gasteiger partial charge in [-0.1, -0.05) is 19.3 Å². The molecule has 0 spiro atoms. The zero-order valence-corrected chi connectivity index (χ0v) is 10.4. The first kappa shape index (κ1) is 13.5. The van der Waals surface area contributed by atoms with Gasteiger partial charge in [-0.25, -0.2) is 0 Å². The third-order valence-corrected chi connectivity index (χ3v) is 3.39. The average Bonchev–Trinajstić information content (AvgIpc) is 2.17. The van der Waals surface area contributed by atoms with Gasteiger partial charge in [-0.2, -0.15) is 0 Å². The molecular weight excluding hydrogens is 204 g/mol. The fourth-order valence-electron chi connectivity index (χ4n) is 2.18. The monoisotopic (exact) mass is 228 g/mol. The molecule has 1 aliphatic rings. The van der Waals surface area contributed by atoms with E-state index in [9.17, 15) is 4.79 Å². The van der Waals surface area contributed by atoms with E-state index in [1.807, 2.05) is 13.8 Å². The van der Waals surface area contributed by atoms with Crippen molar-refractivity contribution in [1.82, 2.24) is 5.32 Å². The molecule has 1 fully saturated rings. The smallest absolute Gasteiger partial charge is 0.240 e. The summed E-state index contributed by atoms with van der Waals surface area (Å²) in [6.07, 6.45) is 5.33. The van der Waals surface area contributed by atoms with Gasteiger partial charge in [0.1, 0.15) is 0 Å². The van der Waals surface area contributed by atoms with Crippen molar-refractivity contribution in [3.8, 4) is 0 Å². The topological polar surface area (TPSA) is 75.3 Å². The van der Waals surface area contributed by atoms with Crippen molar-refractivity contribution in [3.05, 3.63) is 0 Å². The minimum atomic E-state index is -0.690. The van der Waals surface area contributed by atoms with Crippen LogP contribution in [0.2, 0.25) is 0 Å². The predicted octanol–water partition coefficient (Wildman–Crippen LogP) is 0.925. The van der Waals surface area contributed by atoms with Crippen molar-refractivity contribution in [2.24, 2.45) is 5.73 Å². The second-order valence-corrected chi connectivity index (χ2v) is 5.53. The lowest BCUT2D eigenvalue weighted by Gasteiger charge is -2.36. The van der Waals surface area contributed by atoms with Crippen molar-refractivity contribution in [3.63, 3.8) is 0 Å². The van der Waals surface area contributed by atoms with Crippen LogP contribution in [0, 0.1) is 0 Å². The van der Waals surface area contributed by atoms with Crippen LogP contribution >= 0.6 is 0 Å². The Morgan fingerprint density at radius 1 is 1.38 bits per heavy atom. The van der Waals surface area contributed by atoms with E-state index in [0.29, 0.717) is 6.42 Å². The highest BCUT2D eigenvalue weighted by Crippen LogP contribution is 2.26.